The molecule has 176 valence electrons. The van der Waals surface area contributed by atoms with Crippen LogP contribution in [0.3, 0.4) is 0 Å². The van der Waals surface area contributed by atoms with E-state index >= 15 is 0 Å². The molecule has 2 fully saturated rings. The number of amides is 2. The van der Waals surface area contributed by atoms with Crippen molar-refractivity contribution in [2.75, 3.05) is 24.4 Å². The third-order valence-electron chi connectivity index (χ3n) is 6.67. The first-order valence-electron chi connectivity index (χ1n) is 11.2. The van der Waals surface area contributed by atoms with E-state index in [0.717, 1.165) is 36.9 Å². The van der Waals surface area contributed by atoms with Gasteiger partial charge in [0.15, 0.2) is 5.01 Å². The molecular formula is C25H20ClN5O3S. The van der Waals surface area contributed by atoms with Gasteiger partial charge in [-0.15, -0.1) is 10.2 Å². The van der Waals surface area contributed by atoms with Crippen molar-refractivity contribution in [3.63, 3.8) is 0 Å². The summed E-state index contributed by atoms with van der Waals surface area (Å²) in [5.41, 5.74) is 2.68. The molecule has 1 spiro atoms. The van der Waals surface area contributed by atoms with E-state index in [4.69, 9.17) is 16.3 Å². The average Bonchev–Trinajstić information content (AvgIpc) is 3.79. The van der Waals surface area contributed by atoms with Crippen LogP contribution in [-0.4, -0.2) is 41.2 Å². The number of ether oxygens (including phenoxy) is 1. The van der Waals surface area contributed by atoms with Crippen molar-refractivity contribution in [1.29, 1.82) is 0 Å². The monoisotopic (exact) mass is 505 g/mol. The average molecular weight is 506 g/mol. The van der Waals surface area contributed by atoms with E-state index < -0.39 is 5.41 Å². The lowest BCUT2D eigenvalue weighted by molar-refractivity contribution is -0.119. The number of carbonyl (C=O) groups is 2. The lowest BCUT2D eigenvalue weighted by atomic mass is 9.90. The fraction of sp³-hybridized carbons (Fsp3) is 0.320. The molecule has 2 saturated carbocycles. The molecule has 0 radical (unpaired) electrons. The molecule has 1 aromatic carbocycles. The molecule has 3 heterocycles. The number of aromatic nitrogens is 3. The third-order valence-corrected chi connectivity index (χ3v) is 7.63. The minimum atomic E-state index is -0.536. The SMILES string of the molecule is COc1cnc(Cl)cc1-c1cc2c(cc1C(=O)Nc1nnc(C#CC3CC3)s1)C1(CC1)C(=O)N2C. The number of benzene rings is 1. The quantitative estimate of drug-likeness (QED) is 0.420. The van der Waals surface area contributed by atoms with E-state index in [1.54, 1.807) is 18.0 Å². The van der Waals surface area contributed by atoms with Crippen LogP contribution in [0.2, 0.25) is 5.15 Å². The molecule has 1 aliphatic heterocycles. The van der Waals surface area contributed by atoms with Crippen LogP contribution in [0.15, 0.2) is 24.4 Å². The second kappa shape index (κ2) is 8.04. The lowest BCUT2D eigenvalue weighted by Gasteiger charge is -2.17. The van der Waals surface area contributed by atoms with Crippen molar-refractivity contribution in [3.05, 3.63) is 45.7 Å². The standard InChI is InChI=1S/C25H20ClN5O3S/c1-31-18-10-14(15-11-20(26)27-12-19(15)34-2)16(9-17(18)25(7-8-25)23(31)33)22(32)28-24-30-29-21(35-24)6-5-13-3-4-13/h9-13H,3-4,7-8H2,1-2H3,(H,28,30,32). The van der Waals surface area contributed by atoms with Crippen LogP contribution in [-0.2, 0) is 10.2 Å². The Kier molecular flexibility index (Phi) is 5.06. The normalized spacial score (nSPS) is 17.1. The number of carbonyl (C=O) groups excluding carboxylic acids is 2. The molecule has 3 aliphatic rings. The van der Waals surface area contributed by atoms with Gasteiger partial charge < -0.3 is 9.64 Å². The molecule has 0 atom stereocenters. The fourth-order valence-electron chi connectivity index (χ4n) is 4.48. The second-order valence-electron chi connectivity index (χ2n) is 8.98. The number of hydrogen-bond acceptors (Lipinski definition) is 7. The summed E-state index contributed by atoms with van der Waals surface area (Å²) in [5, 5.41) is 12.2. The summed E-state index contributed by atoms with van der Waals surface area (Å²) in [6.45, 7) is 0. The Balaban J connectivity index is 1.43. The predicted molar refractivity (Wildman–Crippen MR) is 133 cm³/mol. The van der Waals surface area contributed by atoms with Gasteiger partial charge in [-0.05, 0) is 55.4 Å². The fourth-order valence-corrected chi connectivity index (χ4v) is 5.24. The second-order valence-corrected chi connectivity index (χ2v) is 10.3. The van der Waals surface area contributed by atoms with Gasteiger partial charge in [0.2, 0.25) is 11.0 Å². The van der Waals surface area contributed by atoms with Crippen molar-refractivity contribution < 1.29 is 14.3 Å². The maximum atomic E-state index is 13.6. The Hall–Kier alpha value is -3.48. The highest BCUT2D eigenvalue weighted by atomic mass is 35.5. The molecule has 10 heteroatoms. The summed E-state index contributed by atoms with van der Waals surface area (Å²) in [6.07, 6.45) is 5.30. The predicted octanol–water partition coefficient (Wildman–Crippen LogP) is 4.28. The highest BCUT2D eigenvalue weighted by Crippen LogP contribution is 2.58. The summed E-state index contributed by atoms with van der Waals surface area (Å²) in [4.78, 5) is 32.3. The number of nitrogens with zero attached hydrogens (tertiary/aromatic N) is 4. The first-order valence-corrected chi connectivity index (χ1v) is 12.4. The van der Waals surface area contributed by atoms with Crippen molar-refractivity contribution in [2.24, 2.45) is 5.92 Å². The smallest absolute Gasteiger partial charge is 0.258 e. The maximum Gasteiger partial charge on any atom is 0.258 e. The number of anilines is 2. The highest BCUT2D eigenvalue weighted by molar-refractivity contribution is 7.15. The van der Waals surface area contributed by atoms with Crippen LogP contribution >= 0.6 is 22.9 Å². The van der Waals surface area contributed by atoms with Crippen LogP contribution in [0.5, 0.6) is 5.75 Å². The van der Waals surface area contributed by atoms with E-state index in [-0.39, 0.29) is 17.0 Å². The molecule has 8 nitrogen and oxygen atoms in total. The van der Waals surface area contributed by atoms with E-state index in [2.05, 4.69) is 32.3 Å². The third kappa shape index (κ3) is 3.74. The van der Waals surface area contributed by atoms with Gasteiger partial charge in [-0.25, -0.2) is 4.98 Å². The van der Waals surface area contributed by atoms with E-state index in [1.807, 2.05) is 12.1 Å². The van der Waals surface area contributed by atoms with Crippen molar-refractivity contribution in [2.45, 2.75) is 31.1 Å². The largest absolute Gasteiger partial charge is 0.494 e. The topological polar surface area (TPSA) is 97.3 Å². The summed E-state index contributed by atoms with van der Waals surface area (Å²) >= 11 is 7.44. The van der Waals surface area contributed by atoms with Gasteiger partial charge in [-0.3, -0.25) is 14.9 Å². The van der Waals surface area contributed by atoms with Crippen LogP contribution < -0.4 is 15.0 Å². The zero-order valence-corrected chi connectivity index (χ0v) is 20.6. The van der Waals surface area contributed by atoms with Crippen molar-refractivity contribution in [1.82, 2.24) is 15.2 Å². The Morgan fingerprint density at radius 1 is 1.26 bits per heavy atom. The van der Waals surface area contributed by atoms with Gasteiger partial charge in [0, 0.05) is 35.3 Å². The first kappa shape index (κ1) is 22.0. The summed E-state index contributed by atoms with van der Waals surface area (Å²) in [5.74, 6) is 6.77. The zero-order chi connectivity index (χ0) is 24.3. The summed E-state index contributed by atoms with van der Waals surface area (Å²) < 4.78 is 5.51. The van der Waals surface area contributed by atoms with E-state index in [1.165, 1.54) is 24.6 Å². The maximum absolute atomic E-state index is 13.6. The van der Waals surface area contributed by atoms with Gasteiger partial charge >= 0.3 is 0 Å². The molecule has 3 aromatic rings. The number of hydrogen-bond donors (Lipinski definition) is 1. The van der Waals surface area contributed by atoms with Gasteiger partial charge in [-0.2, -0.15) is 0 Å². The number of halogens is 1. The molecule has 0 unspecified atom stereocenters. The van der Waals surface area contributed by atoms with E-state index in [0.29, 0.717) is 38.5 Å². The Bertz CT molecular complexity index is 1470. The van der Waals surface area contributed by atoms with E-state index in [9.17, 15) is 9.59 Å². The van der Waals surface area contributed by atoms with Crippen LogP contribution in [0.1, 0.15) is 46.6 Å². The highest BCUT2D eigenvalue weighted by Gasteiger charge is 2.58. The number of methoxy groups -OCH3 is 1. The number of nitrogens with one attached hydrogen (secondary N) is 1. The summed E-state index contributed by atoms with van der Waals surface area (Å²) in [6, 6.07) is 5.33. The first-order chi connectivity index (χ1) is 16.9. The molecular weight excluding hydrogens is 486 g/mol. The summed E-state index contributed by atoms with van der Waals surface area (Å²) in [7, 11) is 3.29. The molecule has 0 saturated heterocycles. The number of rotatable bonds is 4. The molecule has 35 heavy (non-hydrogen) atoms. The minimum Gasteiger partial charge on any atom is -0.494 e. The van der Waals surface area contributed by atoms with Crippen LogP contribution in [0.4, 0.5) is 10.8 Å². The Labute approximate surface area is 210 Å². The number of pyridine rings is 1. The molecule has 2 amide bonds. The zero-order valence-electron chi connectivity index (χ0n) is 19.0. The molecule has 2 aromatic heterocycles. The van der Waals surface area contributed by atoms with Crippen molar-refractivity contribution >= 4 is 45.6 Å². The van der Waals surface area contributed by atoms with Crippen LogP contribution in [0.25, 0.3) is 11.1 Å². The van der Waals surface area contributed by atoms with Gasteiger partial charge in [0.25, 0.3) is 5.91 Å². The van der Waals surface area contributed by atoms with Gasteiger partial charge in [0.1, 0.15) is 10.9 Å². The molecule has 6 rings (SSSR count). The minimum absolute atomic E-state index is 0.0544. The van der Waals surface area contributed by atoms with Gasteiger partial charge in [-0.1, -0.05) is 28.9 Å². The lowest BCUT2D eigenvalue weighted by Crippen LogP contribution is -2.27. The van der Waals surface area contributed by atoms with Crippen LogP contribution in [0, 0.1) is 17.8 Å². The Morgan fingerprint density at radius 2 is 2.06 bits per heavy atom. The molecule has 1 N–H and O–H groups in total. The van der Waals surface area contributed by atoms with Gasteiger partial charge in [0.05, 0.1) is 18.7 Å². The number of likely N-dealkylation sites (N-methyl/N-ethyl adjacent to an activating group) is 1. The Morgan fingerprint density at radius 3 is 2.77 bits per heavy atom. The van der Waals surface area contributed by atoms with Crippen molar-refractivity contribution in [3.8, 4) is 28.7 Å². The number of fused-ring (bicyclic) bond motifs is 2. The molecule has 2 aliphatic carbocycles. The molecule has 0 bridgehead atoms.